The Labute approximate surface area is 254 Å². The number of aryl methyl sites for hydroxylation is 3. The van der Waals surface area contributed by atoms with Crippen molar-refractivity contribution in [2.45, 2.75) is 72.8 Å². The van der Waals surface area contributed by atoms with Gasteiger partial charge in [-0.25, -0.2) is 19.3 Å². The van der Waals surface area contributed by atoms with Crippen molar-refractivity contribution in [3.63, 3.8) is 0 Å². The molecule has 6 rings (SSSR count). The third-order valence-corrected chi connectivity index (χ3v) is 7.66. The predicted molar refractivity (Wildman–Crippen MR) is 163 cm³/mol. The van der Waals surface area contributed by atoms with E-state index in [1.807, 2.05) is 26.0 Å². The summed E-state index contributed by atoms with van der Waals surface area (Å²) in [7, 11) is 0. The van der Waals surface area contributed by atoms with E-state index in [0.29, 0.717) is 56.3 Å². The summed E-state index contributed by atoms with van der Waals surface area (Å²) in [6.07, 6.45) is 2.64. The van der Waals surface area contributed by atoms with E-state index in [1.54, 1.807) is 58.9 Å². The van der Waals surface area contributed by atoms with Crippen molar-refractivity contribution in [2.24, 2.45) is 0 Å². The molecule has 1 fully saturated rings. The lowest BCUT2D eigenvalue weighted by molar-refractivity contribution is 0.0538. The van der Waals surface area contributed by atoms with Crippen LogP contribution in [0.25, 0.3) is 22.2 Å². The van der Waals surface area contributed by atoms with Crippen molar-refractivity contribution in [3.8, 4) is 11.1 Å². The van der Waals surface area contributed by atoms with E-state index in [1.165, 1.54) is 10.8 Å². The number of benzene rings is 1. The minimum Gasteiger partial charge on any atom is -0.443 e. The SMILES string of the molecule is Cc1cccc(C(=O)c2ccnc(C(=O)c3cc(-c4c(C)noc4C)cc4c3nc(C3CC3)n4C(=O)OC(C)(C)C)c2C)n1. The summed E-state index contributed by atoms with van der Waals surface area (Å²) in [5, 5.41) is 4.11. The molecule has 10 heteroatoms. The molecule has 224 valence electrons. The van der Waals surface area contributed by atoms with Crippen LogP contribution in [0.4, 0.5) is 4.79 Å². The number of ketones is 2. The molecule has 0 bridgehead atoms. The maximum Gasteiger partial charge on any atom is 0.420 e. The van der Waals surface area contributed by atoms with Gasteiger partial charge in [0.05, 0.1) is 16.8 Å². The van der Waals surface area contributed by atoms with Gasteiger partial charge in [-0.1, -0.05) is 11.2 Å². The van der Waals surface area contributed by atoms with Gasteiger partial charge in [0.1, 0.15) is 34.1 Å². The molecule has 0 saturated heterocycles. The molecule has 5 aromatic rings. The largest absolute Gasteiger partial charge is 0.443 e. The topological polar surface area (TPSA) is 130 Å². The molecule has 4 heterocycles. The van der Waals surface area contributed by atoms with E-state index in [2.05, 4.69) is 15.1 Å². The van der Waals surface area contributed by atoms with Gasteiger partial charge in [0.2, 0.25) is 11.6 Å². The zero-order valence-corrected chi connectivity index (χ0v) is 25.8. The van der Waals surface area contributed by atoms with Crippen LogP contribution in [0, 0.1) is 27.7 Å². The summed E-state index contributed by atoms with van der Waals surface area (Å²) < 4.78 is 12.7. The van der Waals surface area contributed by atoms with Gasteiger partial charge in [0, 0.05) is 28.9 Å². The average molecular weight is 592 g/mol. The number of fused-ring (bicyclic) bond motifs is 1. The Kier molecular flexibility index (Phi) is 7.02. The van der Waals surface area contributed by atoms with Crippen molar-refractivity contribution in [3.05, 3.63) is 93.6 Å². The molecule has 10 nitrogen and oxygen atoms in total. The van der Waals surface area contributed by atoms with E-state index in [-0.39, 0.29) is 28.7 Å². The number of aromatic nitrogens is 5. The normalized spacial score (nSPS) is 13.3. The van der Waals surface area contributed by atoms with Crippen LogP contribution in [-0.2, 0) is 4.74 Å². The first-order valence-corrected chi connectivity index (χ1v) is 14.6. The summed E-state index contributed by atoms with van der Waals surface area (Å²) in [5.74, 6) is 0.464. The third kappa shape index (κ3) is 5.21. The third-order valence-electron chi connectivity index (χ3n) is 7.66. The molecular formula is C34H33N5O5. The fourth-order valence-electron chi connectivity index (χ4n) is 5.47. The van der Waals surface area contributed by atoms with Gasteiger partial charge >= 0.3 is 6.09 Å². The summed E-state index contributed by atoms with van der Waals surface area (Å²) in [5.41, 5.74) is 4.15. The Morgan fingerprint density at radius 1 is 0.955 bits per heavy atom. The molecule has 0 N–H and O–H groups in total. The molecule has 1 aliphatic carbocycles. The minimum absolute atomic E-state index is 0.0722. The van der Waals surface area contributed by atoms with Crippen molar-refractivity contribution in [1.29, 1.82) is 0 Å². The zero-order valence-electron chi connectivity index (χ0n) is 25.8. The average Bonchev–Trinajstić information content (AvgIpc) is 3.65. The monoisotopic (exact) mass is 591 g/mol. The molecule has 0 amide bonds. The van der Waals surface area contributed by atoms with Crippen LogP contribution >= 0.6 is 0 Å². The van der Waals surface area contributed by atoms with Crippen molar-refractivity contribution >= 4 is 28.7 Å². The van der Waals surface area contributed by atoms with Crippen molar-refractivity contribution in [2.75, 3.05) is 0 Å². The highest BCUT2D eigenvalue weighted by Crippen LogP contribution is 2.42. The number of hydrogen-bond acceptors (Lipinski definition) is 9. The Morgan fingerprint density at radius 3 is 2.34 bits per heavy atom. The van der Waals surface area contributed by atoms with Crippen LogP contribution in [0.1, 0.15) is 100 Å². The van der Waals surface area contributed by atoms with Gasteiger partial charge in [-0.05, 0) is 103 Å². The van der Waals surface area contributed by atoms with Crippen molar-refractivity contribution in [1.82, 2.24) is 24.7 Å². The number of rotatable bonds is 6. The summed E-state index contributed by atoms with van der Waals surface area (Å²) in [6.45, 7) is 12.5. The fourth-order valence-corrected chi connectivity index (χ4v) is 5.47. The fraction of sp³-hybridized carbons (Fsp3) is 0.324. The molecule has 0 spiro atoms. The lowest BCUT2D eigenvalue weighted by atomic mass is 9.94. The quantitative estimate of drug-likeness (QED) is 0.195. The first kappa shape index (κ1) is 29.1. The van der Waals surface area contributed by atoms with Gasteiger partial charge in [0.25, 0.3) is 0 Å². The molecule has 0 unspecified atom stereocenters. The zero-order chi connectivity index (χ0) is 31.5. The Bertz CT molecular complexity index is 1970. The number of hydrogen-bond donors (Lipinski definition) is 0. The lowest BCUT2D eigenvalue weighted by Crippen LogP contribution is -2.28. The van der Waals surface area contributed by atoms with E-state index in [4.69, 9.17) is 14.2 Å². The van der Waals surface area contributed by atoms with Crippen LogP contribution in [0.2, 0.25) is 0 Å². The highest BCUT2D eigenvalue weighted by molar-refractivity contribution is 6.18. The number of carbonyl (C=O) groups is 3. The lowest BCUT2D eigenvalue weighted by Gasteiger charge is -2.20. The van der Waals surface area contributed by atoms with Gasteiger partial charge in [-0.2, -0.15) is 0 Å². The van der Waals surface area contributed by atoms with E-state index in [0.717, 1.165) is 12.8 Å². The van der Waals surface area contributed by atoms with Crippen molar-refractivity contribution < 1.29 is 23.6 Å². The smallest absolute Gasteiger partial charge is 0.420 e. The highest BCUT2D eigenvalue weighted by atomic mass is 16.6. The summed E-state index contributed by atoms with van der Waals surface area (Å²) >= 11 is 0. The number of imidazole rings is 1. The molecule has 0 radical (unpaired) electrons. The van der Waals surface area contributed by atoms with Crippen LogP contribution in [0.15, 0.2) is 47.1 Å². The molecule has 1 aliphatic rings. The van der Waals surface area contributed by atoms with Gasteiger partial charge in [-0.3, -0.25) is 14.6 Å². The second-order valence-corrected chi connectivity index (χ2v) is 12.3. The molecule has 0 atom stereocenters. The maximum atomic E-state index is 14.4. The Balaban J connectivity index is 1.57. The van der Waals surface area contributed by atoms with E-state index in [9.17, 15) is 14.4 Å². The van der Waals surface area contributed by atoms with Crippen LogP contribution < -0.4 is 0 Å². The first-order chi connectivity index (χ1) is 20.8. The van der Waals surface area contributed by atoms with Crippen LogP contribution in [0.3, 0.4) is 0 Å². The first-order valence-electron chi connectivity index (χ1n) is 14.6. The Morgan fingerprint density at radius 2 is 1.70 bits per heavy atom. The minimum atomic E-state index is -0.743. The van der Waals surface area contributed by atoms with Gasteiger partial charge in [-0.15, -0.1) is 0 Å². The molecule has 1 aromatic carbocycles. The number of pyridine rings is 2. The number of nitrogens with zero attached hydrogens (tertiary/aromatic N) is 5. The predicted octanol–water partition coefficient (Wildman–Crippen LogP) is 6.84. The molecule has 1 saturated carbocycles. The Hall–Kier alpha value is -4.99. The summed E-state index contributed by atoms with van der Waals surface area (Å²) in [4.78, 5) is 55.2. The summed E-state index contributed by atoms with van der Waals surface area (Å²) in [6, 6.07) is 10.4. The van der Waals surface area contributed by atoms with E-state index < -0.39 is 17.5 Å². The standard InChI is InChI=1S/C34H33N5O5/c1-17-9-8-10-25(36-17)30(40)23-13-14-35-28(18(23)2)31(41)24-15-22(27-19(3)38-44-20(27)4)16-26-29(24)37-32(21-11-12-21)39(26)33(42)43-34(5,6)7/h8-10,13-16,21H,11-12H2,1-7H3. The second kappa shape index (κ2) is 10.6. The highest BCUT2D eigenvalue weighted by Gasteiger charge is 2.35. The number of ether oxygens (including phenoxy) is 1. The molecule has 44 heavy (non-hydrogen) atoms. The second-order valence-electron chi connectivity index (χ2n) is 12.3. The van der Waals surface area contributed by atoms with Crippen LogP contribution in [0.5, 0.6) is 0 Å². The number of carbonyl (C=O) groups excluding carboxylic acids is 3. The van der Waals surface area contributed by atoms with E-state index >= 15 is 0 Å². The van der Waals surface area contributed by atoms with Gasteiger partial charge < -0.3 is 9.26 Å². The van der Waals surface area contributed by atoms with Gasteiger partial charge in [0.15, 0.2) is 0 Å². The maximum absolute atomic E-state index is 14.4. The van der Waals surface area contributed by atoms with Crippen LogP contribution in [-0.4, -0.2) is 47.9 Å². The molecule has 4 aromatic heterocycles. The molecule has 0 aliphatic heterocycles. The molecular weight excluding hydrogens is 558 g/mol.